The van der Waals surface area contributed by atoms with E-state index >= 15 is 0 Å². The average molecular weight is 212 g/mol. The minimum Gasteiger partial charge on any atom is -0.476 e. The maximum atomic E-state index is 10.6. The second-order valence-corrected chi connectivity index (χ2v) is 3.21. The van der Waals surface area contributed by atoms with Gasteiger partial charge in [0.1, 0.15) is 5.15 Å². The molecule has 2 aromatic rings. The molecule has 0 aliphatic carbocycles. The Morgan fingerprint density at radius 1 is 1.57 bits per heavy atom. The van der Waals surface area contributed by atoms with Gasteiger partial charge in [0.15, 0.2) is 11.3 Å². The summed E-state index contributed by atoms with van der Waals surface area (Å²) in [6, 6.07) is 2.99. The third-order valence-corrected chi connectivity index (χ3v) is 2.00. The third kappa shape index (κ3) is 1.31. The molecule has 0 aromatic carbocycles. The van der Waals surface area contributed by atoms with Crippen molar-refractivity contribution < 1.29 is 9.90 Å². The van der Waals surface area contributed by atoms with Gasteiger partial charge in [-0.25, -0.2) is 14.3 Å². The molecule has 6 heteroatoms. The lowest BCUT2D eigenvalue weighted by Crippen LogP contribution is -1.98. The highest BCUT2D eigenvalue weighted by Crippen LogP contribution is 2.13. The summed E-state index contributed by atoms with van der Waals surface area (Å²) in [5, 5.41) is 12.8. The van der Waals surface area contributed by atoms with Crippen LogP contribution in [0.1, 0.15) is 16.2 Å². The van der Waals surface area contributed by atoms with Gasteiger partial charge in [0.25, 0.3) is 0 Å². The van der Waals surface area contributed by atoms with Crippen LogP contribution in [0.3, 0.4) is 0 Å². The summed E-state index contributed by atoms with van der Waals surface area (Å²) in [5.41, 5.74) is 1.09. The van der Waals surface area contributed by atoms with Crippen LogP contribution in [0.2, 0.25) is 5.15 Å². The maximum absolute atomic E-state index is 10.6. The fourth-order valence-corrected chi connectivity index (χ4v) is 1.44. The van der Waals surface area contributed by atoms with Crippen LogP contribution in [0.15, 0.2) is 12.1 Å². The normalized spacial score (nSPS) is 10.7. The summed E-state index contributed by atoms with van der Waals surface area (Å²) >= 11 is 5.85. The number of aryl methyl sites for hydroxylation is 1. The molecular formula is C8H6ClN3O2. The first-order chi connectivity index (χ1) is 6.58. The molecule has 0 aliphatic rings. The fourth-order valence-electron chi connectivity index (χ4n) is 1.16. The molecule has 0 atom stereocenters. The zero-order chi connectivity index (χ0) is 10.3. The third-order valence-electron chi connectivity index (χ3n) is 1.73. The molecule has 2 rings (SSSR count). The van der Waals surface area contributed by atoms with Crippen LogP contribution in [0.25, 0.3) is 5.65 Å². The molecule has 2 aromatic heterocycles. The van der Waals surface area contributed by atoms with Crippen LogP contribution in [0.4, 0.5) is 0 Å². The van der Waals surface area contributed by atoms with Crippen molar-refractivity contribution in [2.75, 3.05) is 0 Å². The van der Waals surface area contributed by atoms with Gasteiger partial charge in [0, 0.05) is 11.8 Å². The highest BCUT2D eigenvalue weighted by Gasteiger charge is 2.11. The monoisotopic (exact) mass is 211 g/mol. The number of halogens is 1. The topological polar surface area (TPSA) is 67.5 Å². The first kappa shape index (κ1) is 8.96. The van der Waals surface area contributed by atoms with E-state index in [1.165, 1.54) is 10.6 Å². The van der Waals surface area contributed by atoms with E-state index in [1.54, 1.807) is 13.0 Å². The van der Waals surface area contributed by atoms with Gasteiger partial charge in [-0.15, -0.1) is 0 Å². The molecule has 0 amide bonds. The highest BCUT2D eigenvalue weighted by atomic mass is 35.5. The Balaban J connectivity index is 2.76. The molecule has 5 nitrogen and oxygen atoms in total. The molecule has 0 fully saturated rings. The van der Waals surface area contributed by atoms with Gasteiger partial charge >= 0.3 is 5.97 Å². The molecule has 0 radical (unpaired) electrons. The first-order valence-corrected chi connectivity index (χ1v) is 4.22. The number of nitrogens with zero attached hydrogens (tertiary/aromatic N) is 3. The van der Waals surface area contributed by atoms with E-state index in [1.807, 2.05) is 0 Å². The van der Waals surface area contributed by atoms with E-state index in [-0.39, 0.29) is 5.69 Å². The van der Waals surface area contributed by atoms with Crippen molar-refractivity contribution in [2.45, 2.75) is 6.92 Å². The molecular weight excluding hydrogens is 206 g/mol. The van der Waals surface area contributed by atoms with Crippen molar-refractivity contribution in [2.24, 2.45) is 0 Å². The molecule has 72 valence electrons. The van der Waals surface area contributed by atoms with Gasteiger partial charge in [-0.1, -0.05) is 11.6 Å². The lowest BCUT2D eigenvalue weighted by molar-refractivity contribution is 0.0690. The molecule has 0 bridgehead atoms. The first-order valence-electron chi connectivity index (χ1n) is 3.84. The molecule has 14 heavy (non-hydrogen) atoms. The van der Waals surface area contributed by atoms with E-state index in [4.69, 9.17) is 16.7 Å². The van der Waals surface area contributed by atoms with Crippen molar-refractivity contribution >= 4 is 23.2 Å². The van der Waals surface area contributed by atoms with Crippen molar-refractivity contribution in [1.82, 2.24) is 14.6 Å². The number of aromatic carboxylic acids is 1. The Labute approximate surface area is 83.9 Å². The van der Waals surface area contributed by atoms with E-state index in [0.717, 1.165) is 5.69 Å². The number of carboxylic acids is 1. The standard InChI is InChI=1S/C8H6ClN3O2/c1-4-2-6(9)12-7(10-4)3-5(11-12)8(13)14/h2-3H,1H3,(H,13,14). The quantitative estimate of drug-likeness (QED) is 0.724. The molecule has 0 spiro atoms. The van der Waals surface area contributed by atoms with Crippen LogP contribution in [-0.2, 0) is 0 Å². The Hall–Kier alpha value is -1.62. The van der Waals surface area contributed by atoms with Crippen LogP contribution in [0.5, 0.6) is 0 Å². The van der Waals surface area contributed by atoms with Crippen LogP contribution in [0, 0.1) is 6.92 Å². The average Bonchev–Trinajstić information content (AvgIpc) is 2.47. The fraction of sp³-hybridized carbons (Fsp3) is 0.125. The summed E-state index contributed by atoms with van der Waals surface area (Å²) in [5.74, 6) is -1.09. The van der Waals surface area contributed by atoms with Crippen LogP contribution < -0.4 is 0 Å². The molecule has 0 aliphatic heterocycles. The van der Waals surface area contributed by atoms with E-state index < -0.39 is 5.97 Å². The number of carbonyl (C=O) groups is 1. The van der Waals surface area contributed by atoms with Crippen molar-refractivity contribution in [3.63, 3.8) is 0 Å². The van der Waals surface area contributed by atoms with E-state index in [2.05, 4.69) is 10.1 Å². The second kappa shape index (κ2) is 2.95. The Morgan fingerprint density at radius 2 is 2.29 bits per heavy atom. The number of rotatable bonds is 1. The minimum atomic E-state index is -1.09. The number of aromatic nitrogens is 3. The Morgan fingerprint density at radius 3 is 2.93 bits per heavy atom. The van der Waals surface area contributed by atoms with Crippen molar-refractivity contribution in [3.8, 4) is 0 Å². The highest BCUT2D eigenvalue weighted by molar-refractivity contribution is 6.29. The molecule has 0 saturated heterocycles. The molecule has 0 saturated carbocycles. The predicted octanol–water partition coefficient (Wildman–Crippen LogP) is 1.39. The smallest absolute Gasteiger partial charge is 0.356 e. The molecule has 0 unspecified atom stereocenters. The zero-order valence-electron chi connectivity index (χ0n) is 7.23. The number of fused-ring (bicyclic) bond motifs is 1. The Bertz CT molecular complexity index is 521. The summed E-state index contributed by atoms with van der Waals surface area (Å²) in [4.78, 5) is 14.7. The van der Waals surface area contributed by atoms with Gasteiger partial charge in [-0.2, -0.15) is 5.10 Å². The van der Waals surface area contributed by atoms with Gasteiger partial charge in [0.05, 0.1) is 0 Å². The van der Waals surface area contributed by atoms with Crippen molar-refractivity contribution in [1.29, 1.82) is 0 Å². The maximum Gasteiger partial charge on any atom is 0.356 e. The van der Waals surface area contributed by atoms with E-state index in [0.29, 0.717) is 10.8 Å². The minimum absolute atomic E-state index is 0.0648. The number of carboxylic acid groups (broad SMARTS) is 1. The van der Waals surface area contributed by atoms with Crippen LogP contribution >= 0.6 is 11.6 Å². The predicted molar refractivity (Wildman–Crippen MR) is 49.7 cm³/mol. The van der Waals surface area contributed by atoms with Gasteiger partial charge in [-0.3, -0.25) is 0 Å². The largest absolute Gasteiger partial charge is 0.476 e. The van der Waals surface area contributed by atoms with E-state index in [9.17, 15) is 4.79 Å². The van der Waals surface area contributed by atoms with Gasteiger partial charge < -0.3 is 5.11 Å². The zero-order valence-corrected chi connectivity index (χ0v) is 7.99. The summed E-state index contributed by atoms with van der Waals surface area (Å²) in [6.45, 7) is 1.78. The summed E-state index contributed by atoms with van der Waals surface area (Å²) in [7, 11) is 0. The number of hydrogen-bond acceptors (Lipinski definition) is 3. The van der Waals surface area contributed by atoms with Gasteiger partial charge in [-0.05, 0) is 13.0 Å². The second-order valence-electron chi connectivity index (χ2n) is 2.82. The summed E-state index contributed by atoms with van der Waals surface area (Å²) in [6.07, 6.45) is 0. The summed E-state index contributed by atoms with van der Waals surface area (Å²) < 4.78 is 1.29. The molecule has 2 heterocycles. The van der Waals surface area contributed by atoms with Gasteiger partial charge in [0.2, 0.25) is 0 Å². The number of hydrogen-bond donors (Lipinski definition) is 1. The van der Waals surface area contributed by atoms with Crippen LogP contribution in [-0.4, -0.2) is 25.7 Å². The lowest BCUT2D eigenvalue weighted by Gasteiger charge is -1.96. The lowest BCUT2D eigenvalue weighted by atomic mass is 10.4. The SMILES string of the molecule is Cc1cc(Cl)n2nc(C(=O)O)cc2n1. The Kier molecular flexibility index (Phi) is 1.89. The van der Waals surface area contributed by atoms with Crippen molar-refractivity contribution in [3.05, 3.63) is 28.7 Å². The molecule has 1 N–H and O–H groups in total.